The molecule has 4 nitrogen and oxygen atoms in total. The molecule has 86 valence electrons. The van der Waals surface area contributed by atoms with Crippen LogP contribution in [0.2, 0.25) is 0 Å². The van der Waals surface area contributed by atoms with Crippen molar-refractivity contribution in [1.29, 1.82) is 0 Å². The maximum Gasteiger partial charge on any atom is 0.258 e. The minimum Gasteiger partial charge on any atom is -0.380 e. The van der Waals surface area contributed by atoms with Crippen LogP contribution in [0.25, 0.3) is 0 Å². The van der Waals surface area contributed by atoms with Crippen LogP contribution >= 0.6 is 0 Å². The lowest BCUT2D eigenvalue weighted by Gasteiger charge is -2.15. The molecule has 2 heterocycles. The lowest BCUT2D eigenvalue weighted by Crippen LogP contribution is -2.30. The quantitative estimate of drug-likeness (QED) is 0.706. The van der Waals surface area contributed by atoms with Crippen LogP contribution in [0.3, 0.4) is 0 Å². The zero-order valence-electron chi connectivity index (χ0n) is 9.02. The molecule has 0 aromatic carbocycles. The summed E-state index contributed by atoms with van der Waals surface area (Å²) in [5.74, 6) is -1.03. The van der Waals surface area contributed by atoms with E-state index < -0.39 is 5.95 Å². The van der Waals surface area contributed by atoms with Crippen LogP contribution in [0.5, 0.6) is 0 Å². The van der Waals surface area contributed by atoms with Crippen molar-refractivity contribution in [3.8, 4) is 0 Å². The number of rotatable bonds is 2. The van der Waals surface area contributed by atoms with Crippen molar-refractivity contribution in [1.82, 2.24) is 9.88 Å². The second-order valence-corrected chi connectivity index (χ2v) is 3.74. The molecule has 1 amide bonds. The molecule has 0 bridgehead atoms. The van der Waals surface area contributed by atoms with Crippen LogP contribution in [-0.4, -0.2) is 42.1 Å². The molecule has 1 aromatic heterocycles. The molecule has 0 N–H and O–H groups in total. The van der Waals surface area contributed by atoms with E-state index in [1.807, 2.05) is 0 Å². The van der Waals surface area contributed by atoms with Gasteiger partial charge < -0.3 is 9.64 Å². The van der Waals surface area contributed by atoms with E-state index in [0.29, 0.717) is 13.1 Å². The molecule has 5 heteroatoms. The van der Waals surface area contributed by atoms with E-state index in [0.717, 1.165) is 6.42 Å². The molecule has 1 unspecified atom stereocenters. The maximum absolute atomic E-state index is 13.3. The van der Waals surface area contributed by atoms with E-state index in [4.69, 9.17) is 4.74 Å². The third-order valence-electron chi connectivity index (χ3n) is 2.76. The number of hydrogen-bond acceptors (Lipinski definition) is 3. The highest BCUT2D eigenvalue weighted by Crippen LogP contribution is 2.16. The van der Waals surface area contributed by atoms with Crippen molar-refractivity contribution < 1.29 is 13.9 Å². The van der Waals surface area contributed by atoms with Crippen molar-refractivity contribution in [2.45, 2.75) is 12.5 Å². The summed E-state index contributed by atoms with van der Waals surface area (Å²) in [6, 6.07) is 3.00. The molecule has 0 aliphatic carbocycles. The predicted molar refractivity (Wildman–Crippen MR) is 55.5 cm³/mol. The van der Waals surface area contributed by atoms with Crippen LogP contribution < -0.4 is 0 Å². The third-order valence-corrected chi connectivity index (χ3v) is 2.76. The first-order valence-corrected chi connectivity index (χ1v) is 5.15. The molecule has 1 aliphatic heterocycles. The fourth-order valence-electron chi connectivity index (χ4n) is 1.82. The van der Waals surface area contributed by atoms with Gasteiger partial charge in [-0.3, -0.25) is 4.79 Å². The number of hydrogen-bond donors (Lipinski definition) is 0. The molecule has 1 saturated heterocycles. The monoisotopic (exact) mass is 224 g/mol. The first kappa shape index (κ1) is 11.0. The summed E-state index contributed by atoms with van der Waals surface area (Å²) in [5.41, 5.74) is 0.0271. The molecule has 2 rings (SSSR count). The number of aromatic nitrogens is 1. The molecular weight excluding hydrogens is 211 g/mol. The first-order chi connectivity index (χ1) is 7.72. The van der Waals surface area contributed by atoms with Gasteiger partial charge in [-0.15, -0.1) is 0 Å². The number of halogens is 1. The molecule has 1 fully saturated rings. The van der Waals surface area contributed by atoms with Gasteiger partial charge in [0.15, 0.2) is 0 Å². The number of carbonyl (C=O) groups is 1. The summed E-state index contributed by atoms with van der Waals surface area (Å²) in [6.45, 7) is 1.12. The van der Waals surface area contributed by atoms with Gasteiger partial charge in [0, 0.05) is 26.4 Å². The number of carbonyl (C=O) groups excluding carboxylic acids is 1. The number of pyridine rings is 1. The highest BCUT2D eigenvalue weighted by molar-refractivity contribution is 5.94. The van der Waals surface area contributed by atoms with Gasteiger partial charge in [0.05, 0.1) is 11.7 Å². The van der Waals surface area contributed by atoms with Gasteiger partial charge in [0.1, 0.15) is 0 Å². The zero-order chi connectivity index (χ0) is 11.5. The Bertz CT molecular complexity index is 397. The minimum atomic E-state index is -0.714. The summed E-state index contributed by atoms with van der Waals surface area (Å²) in [7, 11) is 1.61. The van der Waals surface area contributed by atoms with Crippen LogP contribution in [0.4, 0.5) is 4.39 Å². The molecule has 0 spiro atoms. The normalized spacial score (nSPS) is 20.1. The topological polar surface area (TPSA) is 42.4 Å². The van der Waals surface area contributed by atoms with E-state index in [1.54, 1.807) is 18.1 Å². The number of ether oxygens (including phenoxy) is 1. The fraction of sp³-hybridized carbons (Fsp3) is 0.455. The SMILES string of the molecule is COC1CCN(C(=O)c2cccnc2F)C1. The predicted octanol–water partition coefficient (Wildman–Crippen LogP) is 1.08. The van der Waals surface area contributed by atoms with Gasteiger partial charge >= 0.3 is 0 Å². The molecule has 1 aromatic rings. The molecule has 0 saturated carbocycles. The van der Waals surface area contributed by atoms with E-state index in [1.165, 1.54) is 12.3 Å². The average molecular weight is 224 g/mol. The number of amides is 1. The van der Waals surface area contributed by atoms with E-state index >= 15 is 0 Å². The summed E-state index contributed by atoms with van der Waals surface area (Å²) >= 11 is 0. The van der Waals surface area contributed by atoms with Gasteiger partial charge in [-0.05, 0) is 18.6 Å². The van der Waals surface area contributed by atoms with Crippen LogP contribution in [0.1, 0.15) is 16.8 Å². The summed E-state index contributed by atoms with van der Waals surface area (Å²) < 4.78 is 18.4. The second kappa shape index (κ2) is 4.57. The minimum absolute atomic E-state index is 0.0271. The van der Waals surface area contributed by atoms with Crippen molar-refractivity contribution in [3.05, 3.63) is 29.8 Å². The van der Waals surface area contributed by atoms with Crippen LogP contribution in [-0.2, 0) is 4.74 Å². The summed E-state index contributed by atoms with van der Waals surface area (Å²) in [5, 5.41) is 0. The van der Waals surface area contributed by atoms with Crippen LogP contribution in [0.15, 0.2) is 18.3 Å². The second-order valence-electron chi connectivity index (χ2n) is 3.74. The highest BCUT2D eigenvalue weighted by Gasteiger charge is 2.28. The Kier molecular flexibility index (Phi) is 3.14. The molecule has 1 atom stereocenters. The third kappa shape index (κ3) is 2.04. The molecular formula is C11H13FN2O2. The Labute approximate surface area is 93.0 Å². The number of nitrogens with zero attached hydrogens (tertiary/aromatic N) is 2. The average Bonchev–Trinajstić information content (AvgIpc) is 2.77. The largest absolute Gasteiger partial charge is 0.380 e. The Morgan fingerprint density at radius 2 is 2.50 bits per heavy atom. The molecule has 16 heavy (non-hydrogen) atoms. The standard InChI is InChI=1S/C11H13FN2O2/c1-16-8-4-6-14(7-8)11(15)9-3-2-5-13-10(9)12/h2-3,5,8H,4,6-7H2,1H3. The zero-order valence-corrected chi connectivity index (χ0v) is 9.02. The van der Waals surface area contributed by atoms with Crippen molar-refractivity contribution >= 4 is 5.91 Å². The Morgan fingerprint density at radius 1 is 1.69 bits per heavy atom. The van der Waals surface area contributed by atoms with Gasteiger partial charge in [-0.2, -0.15) is 4.39 Å². The highest BCUT2D eigenvalue weighted by atomic mass is 19.1. The van der Waals surface area contributed by atoms with Gasteiger partial charge in [-0.25, -0.2) is 4.98 Å². The lowest BCUT2D eigenvalue weighted by molar-refractivity contribution is 0.0719. The Balaban J connectivity index is 2.12. The van der Waals surface area contributed by atoms with E-state index in [9.17, 15) is 9.18 Å². The van der Waals surface area contributed by atoms with Gasteiger partial charge in [0.2, 0.25) is 5.95 Å². The van der Waals surface area contributed by atoms with Crippen LogP contribution in [0, 0.1) is 5.95 Å². The van der Waals surface area contributed by atoms with Gasteiger partial charge in [0.25, 0.3) is 5.91 Å². The molecule has 1 aliphatic rings. The molecule has 0 radical (unpaired) electrons. The van der Waals surface area contributed by atoms with Crippen molar-refractivity contribution in [2.75, 3.05) is 20.2 Å². The summed E-state index contributed by atoms with van der Waals surface area (Å²) in [6.07, 6.45) is 2.18. The first-order valence-electron chi connectivity index (χ1n) is 5.15. The van der Waals surface area contributed by atoms with Crippen molar-refractivity contribution in [2.24, 2.45) is 0 Å². The van der Waals surface area contributed by atoms with Crippen molar-refractivity contribution in [3.63, 3.8) is 0 Å². The smallest absolute Gasteiger partial charge is 0.258 e. The summed E-state index contributed by atoms with van der Waals surface area (Å²) in [4.78, 5) is 17.0. The fourth-order valence-corrected chi connectivity index (χ4v) is 1.82. The maximum atomic E-state index is 13.3. The van der Waals surface area contributed by atoms with E-state index in [2.05, 4.69) is 4.98 Å². The number of likely N-dealkylation sites (tertiary alicyclic amines) is 1. The van der Waals surface area contributed by atoms with Gasteiger partial charge in [-0.1, -0.05) is 0 Å². The Morgan fingerprint density at radius 3 is 3.12 bits per heavy atom. The number of methoxy groups -OCH3 is 1. The Hall–Kier alpha value is -1.49. The lowest BCUT2D eigenvalue weighted by atomic mass is 10.2. The van der Waals surface area contributed by atoms with E-state index in [-0.39, 0.29) is 17.6 Å².